The summed E-state index contributed by atoms with van der Waals surface area (Å²) < 4.78 is 19.0. The minimum atomic E-state index is -0.724. The van der Waals surface area contributed by atoms with E-state index in [1.807, 2.05) is 13.8 Å². The Morgan fingerprint density at radius 2 is 2.05 bits per heavy atom. The zero-order valence-corrected chi connectivity index (χ0v) is 12.8. The average molecular weight is 309 g/mol. The Hall–Kier alpha value is -1.95. The minimum absolute atomic E-state index is 0.104. The second kappa shape index (κ2) is 6.22. The van der Waals surface area contributed by atoms with Crippen molar-refractivity contribution in [3.05, 3.63) is 35.0 Å². The third-order valence-corrected chi connectivity index (χ3v) is 4.24. The van der Waals surface area contributed by atoms with Crippen molar-refractivity contribution in [3.63, 3.8) is 0 Å². The lowest BCUT2D eigenvalue weighted by Gasteiger charge is -2.19. The molecule has 1 aromatic carbocycles. The largest absolute Gasteiger partial charge is 0.467 e. The van der Waals surface area contributed by atoms with Crippen LogP contribution in [0, 0.1) is 11.7 Å². The number of carbonyl (C=O) groups excluding carboxylic acids is 2. The molecule has 2 aromatic rings. The van der Waals surface area contributed by atoms with E-state index in [9.17, 15) is 14.0 Å². The third kappa shape index (κ3) is 3.21. The molecule has 0 aliphatic rings. The van der Waals surface area contributed by atoms with Gasteiger partial charge in [0.2, 0.25) is 0 Å². The summed E-state index contributed by atoms with van der Waals surface area (Å²) in [5.41, 5.74) is 0. The van der Waals surface area contributed by atoms with E-state index >= 15 is 0 Å². The maximum absolute atomic E-state index is 13.6. The van der Waals surface area contributed by atoms with Gasteiger partial charge in [-0.25, -0.2) is 9.18 Å². The first-order valence-corrected chi connectivity index (χ1v) is 7.32. The van der Waals surface area contributed by atoms with Gasteiger partial charge in [0.15, 0.2) is 0 Å². The normalized spacial score (nSPS) is 12.4. The number of carbonyl (C=O) groups is 2. The molecule has 0 bridgehead atoms. The quantitative estimate of drug-likeness (QED) is 0.883. The van der Waals surface area contributed by atoms with Gasteiger partial charge in [0.1, 0.15) is 11.9 Å². The van der Waals surface area contributed by atoms with E-state index in [4.69, 9.17) is 0 Å². The Kier molecular flexibility index (Phi) is 4.57. The van der Waals surface area contributed by atoms with Gasteiger partial charge >= 0.3 is 5.97 Å². The molecule has 1 amide bonds. The molecule has 1 heterocycles. The number of nitrogens with one attached hydrogen (secondary N) is 1. The van der Waals surface area contributed by atoms with Crippen LogP contribution in [0.1, 0.15) is 23.5 Å². The third-order valence-electron chi connectivity index (χ3n) is 3.14. The van der Waals surface area contributed by atoms with Crippen LogP contribution in [0.3, 0.4) is 0 Å². The van der Waals surface area contributed by atoms with Gasteiger partial charge in [-0.2, -0.15) is 0 Å². The first-order valence-electron chi connectivity index (χ1n) is 6.50. The topological polar surface area (TPSA) is 55.4 Å². The molecule has 2 rings (SSSR count). The lowest BCUT2D eigenvalue weighted by molar-refractivity contribution is -0.144. The number of esters is 1. The number of rotatable bonds is 4. The fourth-order valence-corrected chi connectivity index (χ4v) is 2.95. The zero-order chi connectivity index (χ0) is 15.6. The molecule has 0 saturated heterocycles. The van der Waals surface area contributed by atoms with Crippen LogP contribution >= 0.6 is 11.3 Å². The first kappa shape index (κ1) is 15.4. The van der Waals surface area contributed by atoms with E-state index in [2.05, 4.69) is 10.1 Å². The van der Waals surface area contributed by atoms with Gasteiger partial charge < -0.3 is 10.1 Å². The van der Waals surface area contributed by atoms with E-state index in [0.717, 1.165) is 0 Å². The summed E-state index contributed by atoms with van der Waals surface area (Å²) in [4.78, 5) is 24.2. The Bertz CT molecular complexity index is 681. The fourth-order valence-electron chi connectivity index (χ4n) is 1.97. The van der Waals surface area contributed by atoms with E-state index in [0.29, 0.717) is 15.0 Å². The molecule has 0 aliphatic heterocycles. The van der Waals surface area contributed by atoms with Crippen LogP contribution in [0.15, 0.2) is 24.3 Å². The number of ether oxygens (including phenoxy) is 1. The Morgan fingerprint density at radius 1 is 1.33 bits per heavy atom. The molecule has 1 aromatic heterocycles. The lowest BCUT2D eigenvalue weighted by atomic mass is 10.0. The maximum Gasteiger partial charge on any atom is 0.328 e. The lowest BCUT2D eigenvalue weighted by Crippen LogP contribution is -2.44. The molecule has 21 heavy (non-hydrogen) atoms. The molecule has 4 nitrogen and oxygen atoms in total. The molecule has 1 unspecified atom stereocenters. The number of fused-ring (bicyclic) bond motifs is 1. The molecule has 112 valence electrons. The SMILES string of the molecule is COC(=O)C(NC(=O)c1cc2c(F)cccc2s1)C(C)C. The number of amides is 1. The fraction of sp³-hybridized carbons (Fsp3) is 0.333. The van der Waals surface area contributed by atoms with Crippen LogP contribution < -0.4 is 5.32 Å². The Balaban J connectivity index is 2.25. The summed E-state index contributed by atoms with van der Waals surface area (Å²) in [7, 11) is 1.28. The van der Waals surface area contributed by atoms with Gasteiger partial charge in [0.25, 0.3) is 5.91 Å². The van der Waals surface area contributed by atoms with Gasteiger partial charge in [-0.1, -0.05) is 19.9 Å². The molecule has 6 heteroatoms. The number of halogens is 1. The highest BCUT2D eigenvalue weighted by Gasteiger charge is 2.26. The predicted molar refractivity (Wildman–Crippen MR) is 79.9 cm³/mol. The molecule has 0 saturated carbocycles. The van der Waals surface area contributed by atoms with Crippen molar-refractivity contribution in [1.82, 2.24) is 5.32 Å². The number of hydrogen-bond donors (Lipinski definition) is 1. The van der Waals surface area contributed by atoms with Crippen molar-refractivity contribution < 1.29 is 18.7 Å². The van der Waals surface area contributed by atoms with Crippen molar-refractivity contribution in [1.29, 1.82) is 0 Å². The molecule has 0 spiro atoms. The summed E-state index contributed by atoms with van der Waals surface area (Å²) in [5, 5.41) is 3.05. The number of benzene rings is 1. The van der Waals surface area contributed by atoms with E-state index in [1.54, 1.807) is 12.1 Å². The van der Waals surface area contributed by atoms with Crippen LogP contribution in [0.2, 0.25) is 0 Å². The molecular weight excluding hydrogens is 293 g/mol. The molecule has 0 radical (unpaired) electrons. The van der Waals surface area contributed by atoms with Crippen LogP contribution in [-0.4, -0.2) is 25.0 Å². The Morgan fingerprint density at radius 3 is 2.62 bits per heavy atom. The summed E-state index contributed by atoms with van der Waals surface area (Å²) in [6, 6.07) is 5.47. The first-order chi connectivity index (χ1) is 9.93. The van der Waals surface area contributed by atoms with Gasteiger partial charge in [-0.15, -0.1) is 11.3 Å². The summed E-state index contributed by atoms with van der Waals surface area (Å²) in [6.45, 7) is 3.62. The summed E-state index contributed by atoms with van der Waals surface area (Å²) >= 11 is 1.19. The smallest absolute Gasteiger partial charge is 0.328 e. The molecular formula is C15H16FNO3S. The van der Waals surface area contributed by atoms with Crippen molar-refractivity contribution in [3.8, 4) is 0 Å². The predicted octanol–water partition coefficient (Wildman–Crippen LogP) is 2.97. The van der Waals surface area contributed by atoms with Crippen molar-refractivity contribution in [2.75, 3.05) is 7.11 Å². The molecule has 0 fully saturated rings. The minimum Gasteiger partial charge on any atom is -0.467 e. The highest BCUT2D eigenvalue weighted by molar-refractivity contribution is 7.20. The van der Waals surface area contributed by atoms with Gasteiger partial charge in [-0.3, -0.25) is 4.79 Å². The molecule has 1 N–H and O–H groups in total. The average Bonchev–Trinajstić information content (AvgIpc) is 2.89. The van der Waals surface area contributed by atoms with E-state index < -0.39 is 17.9 Å². The second-order valence-corrected chi connectivity index (χ2v) is 6.06. The van der Waals surface area contributed by atoms with Crippen LogP contribution in [-0.2, 0) is 9.53 Å². The van der Waals surface area contributed by atoms with Crippen molar-refractivity contribution in [2.45, 2.75) is 19.9 Å². The van der Waals surface area contributed by atoms with Crippen LogP contribution in [0.4, 0.5) is 4.39 Å². The van der Waals surface area contributed by atoms with Crippen LogP contribution in [0.25, 0.3) is 10.1 Å². The molecule has 1 atom stereocenters. The summed E-state index contributed by atoms with van der Waals surface area (Å²) in [5.74, 6) is -1.37. The highest BCUT2D eigenvalue weighted by Crippen LogP contribution is 2.27. The monoisotopic (exact) mass is 309 g/mol. The van der Waals surface area contributed by atoms with Crippen molar-refractivity contribution in [2.24, 2.45) is 5.92 Å². The highest BCUT2D eigenvalue weighted by atomic mass is 32.1. The van der Waals surface area contributed by atoms with E-state index in [-0.39, 0.29) is 11.7 Å². The summed E-state index contributed by atoms with van der Waals surface area (Å²) in [6.07, 6.45) is 0. The van der Waals surface area contributed by atoms with E-state index in [1.165, 1.54) is 30.6 Å². The number of hydrogen-bond acceptors (Lipinski definition) is 4. The number of methoxy groups -OCH3 is 1. The molecule has 0 aliphatic carbocycles. The van der Waals surface area contributed by atoms with Gasteiger partial charge in [0.05, 0.1) is 12.0 Å². The maximum atomic E-state index is 13.6. The number of thiophene rings is 1. The standard InChI is InChI=1S/C15H16FNO3S/c1-8(2)13(15(19)20-3)17-14(18)12-7-9-10(16)5-4-6-11(9)21-12/h4-8,13H,1-3H3,(H,17,18). The Labute approximate surface area is 125 Å². The zero-order valence-electron chi connectivity index (χ0n) is 12.0. The second-order valence-electron chi connectivity index (χ2n) is 4.98. The van der Waals surface area contributed by atoms with Crippen LogP contribution in [0.5, 0.6) is 0 Å². The van der Waals surface area contributed by atoms with Gasteiger partial charge in [-0.05, 0) is 24.1 Å². The van der Waals surface area contributed by atoms with Gasteiger partial charge in [0, 0.05) is 10.1 Å². The van der Waals surface area contributed by atoms with Crippen molar-refractivity contribution >= 4 is 33.3 Å².